The number of carbonyl (C=O) groups is 3. The zero-order valence-corrected chi connectivity index (χ0v) is 10.8. The monoisotopic (exact) mass is 246 g/mol. The van der Waals surface area contributed by atoms with Crippen LogP contribution in [0.2, 0.25) is 0 Å². The summed E-state index contributed by atoms with van der Waals surface area (Å²) in [6, 6.07) is 3.58. The number of Topliss-reactive ketones (excluding diaryl/α,β-unsaturated/α-hetero) is 2. The van der Waals surface area contributed by atoms with Crippen LogP contribution in [0.3, 0.4) is 0 Å². The molecule has 4 heteroatoms. The minimum absolute atomic E-state index is 0.378. The second-order valence-corrected chi connectivity index (χ2v) is 4.73. The van der Waals surface area contributed by atoms with Gasteiger partial charge in [0, 0.05) is 18.1 Å². The van der Waals surface area contributed by atoms with E-state index in [1.165, 1.54) is 13.8 Å². The Bertz CT molecular complexity index is 543. The molecule has 0 N–H and O–H groups in total. The molecular weight excluding hydrogens is 232 g/mol. The van der Waals surface area contributed by atoms with Crippen molar-refractivity contribution in [3.63, 3.8) is 0 Å². The Morgan fingerprint density at radius 1 is 1.06 bits per heavy atom. The number of carbonyl (C=O) groups excluding carboxylic acids is 3. The van der Waals surface area contributed by atoms with Crippen LogP contribution < -0.4 is 0 Å². The lowest BCUT2D eigenvalue weighted by Gasteiger charge is -2.19. The number of ketones is 2. The molecule has 0 fully saturated rings. The maximum Gasteiger partial charge on any atom is 0.304 e. The molecule has 0 unspecified atom stereocenters. The van der Waals surface area contributed by atoms with Crippen LogP contribution in [0.5, 0.6) is 0 Å². The van der Waals surface area contributed by atoms with Crippen LogP contribution in [0.1, 0.15) is 45.7 Å². The Hall–Kier alpha value is -1.97. The second kappa shape index (κ2) is 3.77. The first-order valence-corrected chi connectivity index (χ1v) is 5.68. The highest BCUT2D eigenvalue weighted by Gasteiger charge is 2.53. The summed E-state index contributed by atoms with van der Waals surface area (Å²) in [7, 11) is 0. The van der Waals surface area contributed by atoms with Crippen molar-refractivity contribution in [1.82, 2.24) is 0 Å². The van der Waals surface area contributed by atoms with Gasteiger partial charge in [-0.3, -0.25) is 14.4 Å². The molecule has 0 aliphatic heterocycles. The van der Waals surface area contributed by atoms with Crippen LogP contribution >= 0.6 is 0 Å². The SMILES string of the molecule is CC(=O)OC1(C)C(=O)c2c(C)ccc(C)c2C1=O. The van der Waals surface area contributed by atoms with Crippen LogP contribution in [0.25, 0.3) is 0 Å². The van der Waals surface area contributed by atoms with E-state index >= 15 is 0 Å². The first kappa shape index (κ1) is 12.5. The zero-order valence-electron chi connectivity index (χ0n) is 10.8. The van der Waals surface area contributed by atoms with Gasteiger partial charge in [0.2, 0.25) is 17.2 Å². The Kier molecular flexibility index (Phi) is 2.61. The third-order valence-corrected chi connectivity index (χ3v) is 3.29. The topological polar surface area (TPSA) is 60.4 Å². The van der Waals surface area contributed by atoms with Gasteiger partial charge in [0.05, 0.1) is 0 Å². The predicted molar refractivity (Wildman–Crippen MR) is 64.7 cm³/mol. The molecule has 94 valence electrons. The number of esters is 1. The first-order chi connectivity index (χ1) is 8.29. The molecule has 1 aromatic rings. The molecule has 0 atom stereocenters. The number of fused-ring (bicyclic) bond motifs is 1. The maximum absolute atomic E-state index is 12.3. The van der Waals surface area contributed by atoms with Crippen molar-refractivity contribution in [2.75, 3.05) is 0 Å². The molecule has 0 heterocycles. The minimum atomic E-state index is -1.70. The van der Waals surface area contributed by atoms with Crippen molar-refractivity contribution >= 4 is 17.5 Å². The fourth-order valence-corrected chi connectivity index (χ4v) is 2.36. The van der Waals surface area contributed by atoms with Crippen molar-refractivity contribution in [3.8, 4) is 0 Å². The summed E-state index contributed by atoms with van der Waals surface area (Å²) in [4.78, 5) is 35.8. The van der Waals surface area contributed by atoms with E-state index in [0.717, 1.165) is 11.1 Å². The fourth-order valence-electron chi connectivity index (χ4n) is 2.36. The largest absolute Gasteiger partial charge is 0.443 e. The molecule has 4 nitrogen and oxygen atoms in total. The summed E-state index contributed by atoms with van der Waals surface area (Å²) >= 11 is 0. The third kappa shape index (κ3) is 1.49. The smallest absolute Gasteiger partial charge is 0.304 e. The molecule has 0 spiro atoms. The molecule has 18 heavy (non-hydrogen) atoms. The van der Waals surface area contributed by atoms with Gasteiger partial charge in [-0.15, -0.1) is 0 Å². The lowest BCUT2D eigenvalue weighted by Crippen LogP contribution is -2.42. The average molecular weight is 246 g/mol. The van der Waals surface area contributed by atoms with Crippen LogP contribution in [0.15, 0.2) is 12.1 Å². The lowest BCUT2D eigenvalue weighted by atomic mass is 9.99. The number of aryl methyl sites for hydroxylation is 2. The molecule has 0 amide bonds. The maximum atomic E-state index is 12.3. The van der Waals surface area contributed by atoms with Gasteiger partial charge in [0.1, 0.15) is 0 Å². The molecular formula is C14H14O4. The van der Waals surface area contributed by atoms with Gasteiger partial charge in [0.15, 0.2) is 0 Å². The van der Waals surface area contributed by atoms with E-state index in [0.29, 0.717) is 11.1 Å². The predicted octanol–water partition coefficient (Wildman–Crippen LogP) is 2.00. The van der Waals surface area contributed by atoms with Crippen LogP contribution in [-0.4, -0.2) is 23.1 Å². The quantitative estimate of drug-likeness (QED) is 0.561. The molecule has 1 aliphatic carbocycles. The lowest BCUT2D eigenvalue weighted by molar-refractivity contribution is -0.147. The van der Waals surface area contributed by atoms with Gasteiger partial charge in [-0.1, -0.05) is 12.1 Å². The molecule has 2 rings (SSSR count). The molecule has 0 saturated heterocycles. The van der Waals surface area contributed by atoms with Crippen molar-refractivity contribution < 1.29 is 19.1 Å². The molecule has 0 saturated carbocycles. The summed E-state index contributed by atoms with van der Waals surface area (Å²) in [6.07, 6.45) is 0. The van der Waals surface area contributed by atoms with E-state index in [4.69, 9.17) is 4.74 Å². The molecule has 0 aromatic heterocycles. The highest BCUT2D eigenvalue weighted by Crippen LogP contribution is 2.36. The van der Waals surface area contributed by atoms with Crippen LogP contribution in [0, 0.1) is 13.8 Å². The van der Waals surface area contributed by atoms with E-state index in [-0.39, 0.29) is 0 Å². The van der Waals surface area contributed by atoms with Crippen molar-refractivity contribution in [1.29, 1.82) is 0 Å². The Morgan fingerprint density at radius 2 is 1.44 bits per heavy atom. The van der Waals surface area contributed by atoms with Gasteiger partial charge < -0.3 is 4.74 Å². The van der Waals surface area contributed by atoms with E-state index in [1.54, 1.807) is 26.0 Å². The summed E-state index contributed by atoms with van der Waals surface area (Å²) in [6.45, 7) is 6.08. The van der Waals surface area contributed by atoms with Crippen LogP contribution in [-0.2, 0) is 9.53 Å². The van der Waals surface area contributed by atoms with E-state index in [1.807, 2.05) is 0 Å². The summed E-state index contributed by atoms with van der Waals surface area (Å²) < 4.78 is 4.98. The van der Waals surface area contributed by atoms with Gasteiger partial charge in [-0.25, -0.2) is 0 Å². The molecule has 0 radical (unpaired) electrons. The van der Waals surface area contributed by atoms with Gasteiger partial charge >= 0.3 is 5.97 Å². The molecule has 1 aliphatic rings. The van der Waals surface area contributed by atoms with E-state index < -0.39 is 23.1 Å². The number of rotatable bonds is 1. The second-order valence-electron chi connectivity index (χ2n) is 4.73. The van der Waals surface area contributed by atoms with Crippen molar-refractivity contribution in [2.45, 2.75) is 33.3 Å². The van der Waals surface area contributed by atoms with Crippen LogP contribution in [0.4, 0.5) is 0 Å². The van der Waals surface area contributed by atoms with E-state index in [2.05, 4.69) is 0 Å². The molecule has 0 bridgehead atoms. The average Bonchev–Trinajstić information content (AvgIpc) is 2.46. The number of ether oxygens (including phenoxy) is 1. The first-order valence-electron chi connectivity index (χ1n) is 5.68. The number of hydrogen-bond donors (Lipinski definition) is 0. The normalized spacial score (nSPS) is 16.7. The standard InChI is InChI=1S/C14H14O4/c1-7-5-6-8(2)11-10(7)12(16)14(4,13(11)17)18-9(3)15/h5-6H,1-4H3. The minimum Gasteiger partial charge on any atom is -0.443 e. The Morgan fingerprint density at radius 3 is 1.78 bits per heavy atom. The Balaban J connectivity index is 2.67. The highest BCUT2D eigenvalue weighted by molar-refractivity contribution is 6.33. The molecule has 1 aromatic carbocycles. The van der Waals surface area contributed by atoms with Gasteiger partial charge in [-0.05, 0) is 31.9 Å². The number of benzene rings is 1. The van der Waals surface area contributed by atoms with Crippen molar-refractivity contribution in [2.24, 2.45) is 0 Å². The fraction of sp³-hybridized carbons (Fsp3) is 0.357. The van der Waals surface area contributed by atoms with E-state index in [9.17, 15) is 14.4 Å². The summed E-state index contributed by atoms with van der Waals surface area (Å²) in [5.41, 5.74) is 0.507. The van der Waals surface area contributed by atoms with Crippen molar-refractivity contribution in [3.05, 3.63) is 34.4 Å². The van der Waals surface area contributed by atoms with Gasteiger partial charge in [0.25, 0.3) is 0 Å². The zero-order chi connectivity index (χ0) is 13.7. The van der Waals surface area contributed by atoms with Gasteiger partial charge in [-0.2, -0.15) is 0 Å². The highest BCUT2D eigenvalue weighted by atomic mass is 16.6. The third-order valence-electron chi connectivity index (χ3n) is 3.29. The Labute approximate surface area is 105 Å². The number of hydrogen-bond acceptors (Lipinski definition) is 4. The summed E-state index contributed by atoms with van der Waals surface area (Å²) in [5.74, 6) is -1.50. The summed E-state index contributed by atoms with van der Waals surface area (Å²) in [5, 5.41) is 0.